The third kappa shape index (κ3) is 4.61. The Morgan fingerprint density at radius 2 is 2.04 bits per heavy atom. The number of hydrogen-bond acceptors (Lipinski definition) is 6. The summed E-state index contributed by atoms with van der Waals surface area (Å²) in [6.45, 7) is 6.39. The Bertz CT molecular complexity index is 764. The highest BCUT2D eigenvalue weighted by molar-refractivity contribution is 8.00. The normalized spacial score (nSPS) is 23.6. The van der Waals surface area contributed by atoms with Crippen LogP contribution in [0.5, 0.6) is 5.75 Å². The van der Waals surface area contributed by atoms with Gasteiger partial charge in [0.05, 0.1) is 18.0 Å². The molecule has 1 aromatic carbocycles. The van der Waals surface area contributed by atoms with Crippen LogP contribution in [0.4, 0.5) is 0 Å². The summed E-state index contributed by atoms with van der Waals surface area (Å²) in [6.07, 6.45) is 3.47. The number of methoxy groups -OCH3 is 1. The lowest BCUT2D eigenvalue weighted by atomic mass is 9.78. The maximum Gasteiger partial charge on any atom is 0.233 e. The number of aromatic nitrogens is 4. The molecule has 0 radical (unpaired) electrons. The molecule has 1 heterocycles. The first-order valence-corrected chi connectivity index (χ1v) is 10.3. The van der Waals surface area contributed by atoms with E-state index in [0.717, 1.165) is 17.9 Å². The highest BCUT2D eigenvalue weighted by Gasteiger charge is 2.30. The minimum Gasteiger partial charge on any atom is -0.497 e. The van der Waals surface area contributed by atoms with Crippen LogP contribution in [0, 0.1) is 11.8 Å². The minimum absolute atomic E-state index is 0.0373. The molecule has 2 aromatic rings. The van der Waals surface area contributed by atoms with Crippen molar-refractivity contribution in [2.45, 2.75) is 56.5 Å². The van der Waals surface area contributed by atoms with E-state index < -0.39 is 0 Å². The van der Waals surface area contributed by atoms with Crippen LogP contribution >= 0.6 is 11.8 Å². The van der Waals surface area contributed by atoms with Crippen molar-refractivity contribution in [2.75, 3.05) is 7.11 Å². The monoisotopic (exact) mass is 389 g/mol. The van der Waals surface area contributed by atoms with Crippen molar-refractivity contribution in [3.8, 4) is 11.4 Å². The van der Waals surface area contributed by atoms with Gasteiger partial charge in [0, 0.05) is 6.04 Å². The van der Waals surface area contributed by atoms with E-state index in [1.165, 1.54) is 24.6 Å². The Hall–Kier alpha value is -2.09. The van der Waals surface area contributed by atoms with Crippen molar-refractivity contribution in [3.05, 3.63) is 24.3 Å². The number of tetrazole rings is 1. The molecule has 3 rings (SSSR count). The van der Waals surface area contributed by atoms with Crippen LogP contribution in [0.3, 0.4) is 0 Å². The second-order valence-corrected chi connectivity index (χ2v) is 8.52. The number of amides is 1. The molecule has 1 aliphatic rings. The summed E-state index contributed by atoms with van der Waals surface area (Å²) in [6, 6.07) is 7.73. The zero-order chi connectivity index (χ0) is 19.4. The van der Waals surface area contributed by atoms with Gasteiger partial charge in [-0.25, -0.2) is 0 Å². The van der Waals surface area contributed by atoms with E-state index in [2.05, 4.69) is 34.7 Å². The first-order valence-electron chi connectivity index (χ1n) is 9.39. The molecular formula is C19H27N5O2S. The zero-order valence-corrected chi connectivity index (χ0v) is 17.1. The number of benzene rings is 1. The van der Waals surface area contributed by atoms with E-state index >= 15 is 0 Å². The number of carbonyl (C=O) groups excluding carboxylic acids is 1. The summed E-state index contributed by atoms with van der Waals surface area (Å²) in [4.78, 5) is 12.7. The van der Waals surface area contributed by atoms with Gasteiger partial charge in [0.1, 0.15) is 5.75 Å². The highest BCUT2D eigenvalue weighted by Crippen LogP contribution is 2.30. The van der Waals surface area contributed by atoms with E-state index in [0.29, 0.717) is 17.0 Å². The van der Waals surface area contributed by atoms with E-state index in [4.69, 9.17) is 4.74 Å². The molecule has 4 atom stereocenters. The van der Waals surface area contributed by atoms with Gasteiger partial charge in [-0.05, 0) is 59.9 Å². The van der Waals surface area contributed by atoms with Crippen LogP contribution < -0.4 is 10.1 Å². The van der Waals surface area contributed by atoms with Gasteiger partial charge in [0.15, 0.2) is 0 Å². The van der Waals surface area contributed by atoms with Crippen LogP contribution in [-0.2, 0) is 4.79 Å². The third-order valence-electron chi connectivity index (χ3n) is 5.44. The average molecular weight is 390 g/mol. The summed E-state index contributed by atoms with van der Waals surface area (Å²) in [7, 11) is 1.63. The number of rotatable bonds is 6. The Balaban J connectivity index is 1.65. The molecule has 0 spiro atoms. The van der Waals surface area contributed by atoms with Crippen molar-refractivity contribution >= 4 is 17.7 Å². The fraction of sp³-hybridized carbons (Fsp3) is 0.579. The minimum atomic E-state index is -0.280. The average Bonchev–Trinajstić information content (AvgIpc) is 3.13. The third-order valence-corrected chi connectivity index (χ3v) is 6.48. The Morgan fingerprint density at radius 1 is 1.30 bits per heavy atom. The predicted octanol–water partition coefficient (Wildman–Crippen LogP) is 3.09. The lowest BCUT2D eigenvalue weighted by Gasteiger charge is -2.35. The van der Waals surface area contributed by atoms with Gasteiger partial charge in [0.25, 0.3) is 0 Å². The van der Waals surface area contributed by atoms with Gasteiger partial charge in [0.2, 0.25) is 11.1 Å². The van der Waals surface area contributed by atoms with Crippen LogP contribution in [-0.4, -0.2) is 44.5 Å². The quantitative estimate of drug-likeness (QED) is 0.765. The van der Waals surface area contributed by atoms with Gasteiger partial charge >= 0.3 is 0 Å². The molecule has 1 amide bonds. The zero-order valence-electron chi connectivity index (χ0n) is 16.3. The first kappa shape index (κ1) is 19.7. The fourth-order valence-corrected chi connectivity index (χ4v) is 4.25. The Labute approximate surface area is 164 Å². The summed E-state index contributed by atoms with van der Waals surface area (Å²) >= 11 is 1.36. The fourth-order valence-electron chi connectivity index (χ4n) is 3.44. The molecule has 146 valence electrons. The molecule has 1 saturated carbocycles. The van der Waals surface area contributed by atoms with E-state index in [1.807, 2.05) is 31.2 Å². The topological polar surface area (TPSA) is 81.9 Å². The summed E-state index contributed by atoms with van der Waals surface area (Å²) in [5.41, 5.74) is 0.825. The van der Waals surface area contributed by atoms with Crippen molar-refractivity contribution in [3.63, 3.8) is 0 Å². The molecule has 7 nitrogen and oxygen atoms in total. The van der Waals surface area contributed by atoms with E-state index in [1.54, 1.807) is 11.8 Å². The summed E-state index contributed by atoms with van der Waals surface area (Å²) in [5.74, 6) is 1.96. The van der Waals surface area contributed by atoms with E-state index in [-0.39, 0.29) is 17.2 Å². The van der Waals surface area contributed by atoms with Gasteiger partial charge in [-0.15, -0.1) is 5.10 Å². The maximum absolute atomic E-state index is 12.7. The molecule has 1 aromatic heterocycles. The van der Waals surface area contributed by atoms with E-state index in [9.17, 15) is 4.79 Å². The van der Waals surface area contributed by atoms with Gasteiger partial charge in [-0.3, -0.25) is 4.79 Å². The van der Waals surface area contributed by atoms with Crippen molar-refractivity contribution in [1.82, 2.24) is 25.5 Å². The van der Waals surface area contributed by atoms with Crippen molar-refractivity contribution < 1.29 is 9.53 Å². The standard InChI is InChI=1S/C19H27N5O2S/c1-12-6-5-7-17(13(12)2)20-18(25)14(3)27-19-21-22-23-24(19)15-8-10-16(26-4)11-9-15/h8-14,17H,5-7H2,1-4H3,(H,20,25)/t12-,13+,14+,17+/m0/s1. The van der Waals surface area contributed by atoms with Crippen LogP contribution in [0.2, 0.25) is 0 Å². The number of carbonyl (C=O) groups is 1. The van der Waals surface area contributed by atoms with Crippen LogP contribution in [0.1, 0.15) is 40.0 Å². The molecule has 27 heavy (non-hydrogen) atoms. The van der Waals surface area contributed by atoms with Crippen LogP contribution in [0.25, 0.3) is 5.69 Å². The smallest absolute Gasteiger partial charge is 0.233 e. The number of nitrogens with one attached hydrogen (secondary N) is 1. The molecule has 1 aliphatic carbocycles. The Kier molecular flexibility index (Phi) is 6.36. The summed E-state index contributed by atoms with van der Waals surface area (Å²) < 4.78 is 6.82. The van der Waals surface area contributed by atoms with Gasteiger partial charge in [-0.2, -0.15) is 4.68 Å². The molecule has 0 aliphatic heterocycles. The number of ether oxygens (including phenoxy) is 1. The molecule has 8 heteroatoms. The van der Waals surface area contributed by atoms with Crippen molar-refractivity contribution in [2.24, 2.45) is 11.8 Å². The Morgan fingerprint density at radius 3 is 2.74 bits per heavy atom. The molecule has 0 saturated heterocycles. The van der Waals surface area contributed by atoms with Crippen molar-refractivity contribution in [1.29, 1.82) is 0 Å². The van der Waals surface area contributed by atoms with Gasteiger partial charge in [-0.1, -0.05) is 38.5 Å². The first-order chi connectivity index (χ1) is 13.0. The molecule has 1 N–H and O–H groups in total. The second-order valence-electron chi connectivity index (χ2n) is 7.21. The molecule has 1 fully saturated rings. The maximum atomic E-state index is 12.7. The van der Waals surface area contributed by atoms with Gasteiger partial charge < -0.3 is 10.1 Å². The summed E-state index contributed by atoms with van der Waals surface area (Å²) in [5, 5.41) is 15.5. The number of nitrogens with zero attached hydrogens (tertiary/aromatic N) is 4. The highest BCUT2D eigenvalue weighted by atomic mass is 32.2. The lowest BCUT2D eigenvalue weighted by molar-refractivity contribution is -0.121. The SMILES string of the molecule is COc1ccc(-n2nnnc2S[C@H](C)C(=O)N[C@@H]2CCC[C@H](C)[C@H]2C)cc1. The lowest BCUT2D eigenvalue weighted by Crippen LogP contribution is -2.46. The second kappa shape index (κ2) is 8.73. The molecular weight excluding hydrogens is 362 g/mol. The molecule has 0 unspecified atom stereocenters. The number of hydrogen-bond donors (Lipinski definition) is 1. The largest absolute Gasteiger partial charge is 0.497 e. The number of thioether (sulfide) groups is 1. The molecule has 0 bridgehead atoms. The van der Waals surface area contributed by atoms with Crippen LogP contribution in [0.15, 0.2) is 29.4 Å². The predicted molar refractivity (Wildman–Crippen MR) is 105 cm³/mol.